The van der Waals surface area contributed by atoms with E-state index in [1.165, 1.54) is 0 Å². The first kappa shape index (κ1) is 15.7. The van der Waals surface area contributed by atoms with E-state index in [1.54, 1.807) is 14.2 Å². The molecule has 0 amide bonds. The minimum Gasteiger partial charge on any atom is -0.495 e. The normalized spacial score (nSPS) is 10.1. The fourth-order valence-electron chi connectivity index (χ4n) is 2.49. The number of para-hydroxylation sites is 6. The molecule has 0 radical (unpaired) electrons. The molecule has 2 N–H and O–H groups in total. The van der Waals surface area contributed by atoms with E-state index in [9.17, 15) is 0 Å². The van der Waals surface area contributed by atoms with Gasteiger partial charge in [0, 0.05) is 0 Å². The lowest BCUT2D eigenvalue weighted by molar-refractivity contribution is 0.416. The van der Waals surface area contributed by atoms with Crippen LogP contribution in [0.1, 0.15) is 0 Å². The van der Waals surface area contributed by atoms with Gasteiger partial charge in [0.1, 0.15) is 11.5 Å². The molecule has 0 aliphatic heterocycles. The minimum atomic E-state index is 0.796. The zero-order valence-electron chi connectivity index (χ0n) is 13.7. The Balaban J connectivity index is 1.91. The molecule has 0 unspecified atom stereocenters. The van der Waals surface area contributed by atoms with Crippen LogP contribution in [0.15, 0.2) is 72.8 Å². The Bertz CT molecular complexity index is 749. The topological polar surface area (TPSA) is 42.5 Å². The number of anilines is 4. The number of ether oxygens (including phenoxy) is 2. The molecule has 3 rings (SSSR count). The predicted octanol–water partition coefficient (Wildman–Crippen LogP) is 5.19. The van der Waals surface area contributed by atoms with Gasteiger partial charge in [0.15, 0.2) is 0 Å². The third-order valence-corrected chi connectivity index (χ3v) is 3.68. The first-order chi connectivity index (χ1) is 11.8. The lowest BCUT2D eigenvalue weighted by Crippen LogP contribution is -2.00. The van der Waals surface area contributed by atoms with Gasteiger partial charge in [-0.3, -0.25) is 0 Å². The minimum absolute atomic E-state index is 0.796. The fourth-order valence-corrected chi connectivity index (χ4v) is 2.49. The Labute approximate surface area is 142 Å². The second-order valence-corrected chi connectivity index (χ2v) is 5.20. The molecule has 0 spiro atoms. The summed E-state index contributed by atoms with van der Waals surface area (Å²) in [5.74, 6) is 1.59. The van der Waals surface area contributed by atoms with Crippen molar-refractivity contribution in [1.82, 2.24) is 0 Å². The van der Waals surface area contributed by atoms with Gasteiger partial charge in [0.05, 0.1) is 37.0 Å². The summed E-state index contributed by atoms with van der Waals surface area (Å²) in [5.41, 5.74) is 3.73. The molecule has 24 heavy (non-hydrogen) atoms. The number of hydrogen-bond donors (Lipinski definition) is 2. The average Bonchev–Trinajstić information content (AvgIpc) is 2.64. The molecule has 0 saturated heterocycles. The summed E-state index contributed by atoms with van der Waals surface area (Å²) in [6.07, 6.45) is 0. The van der Waals surface area contributed by atoms with Crippen LogP contribution in [0, 0.1) is 0 Å². The van der Waals surface area contributed by atoms with E-state index in [0.29, 0.717) is 0 Å². The average molecular weight is 320 g/mol. The number of methoxy groups -OCH3 is 2. The van der Waals surface area contributed by atoms with E-state index in [0.717, 1.165) is 34.2 Å². The molecule has 4 nitrogen and oxygen atoms in total. The van der Waals surface area contributed by atoms with Crippen LogP contribution < -0.4 is 20.1 Å². The molecule has 3 aromatic carbocycles. The Kier molecular flexibility index (Phi) is 4.87. The first-order valence-corrected chi connectivity index (χ1v) is 7.71. The van der Waals surface area contributed by atoms with Gasteiger partial charge in [-0.2, -0.15) is 0 Å². The van der Waals surface area contributed by atoms with Crippen LogP contribution in [0.3, 0.4) is 0 Å². The van der Waals surface area contributed by atoms with Crippen LogP contribution in [0.25, 0.3) is 0 Å². The van der Waals surface area contributed by atoms with Crippen LogP contribution in [0.2, 0.25) is 0 Å². The monoisotopic (exact) mass is 320 g/mol. The number of rotatable bonds is 6. The molecular formula is C20H20N2O2. The highest BCUT2D eigenvalue weighted by atomic mass is 16.5. The van der Waals surface area contributed by atoms with Gasteiger partial charge in [-0.05, 0) is 36.4 Å². The van der Waals surface area contributed by atoms with Gasteiger partial charge in [0.2, 0.25) is 0 Å². The first-order valence-electron chi connectivity index (χ1n) is 7.71. The SMILES string of the molecule is COc1ccccc1Nc1ccccc1Nc1ccccc1OC. The van der Waals surface area contributed by atoms with Crippen molar-refractivity contribution in [3.8, 4) is 11.5 Å². The van der Waals surface area contributed by atoms with E-state index in [4.69, 9.17) is 9.47 Å². The quantitative estimate of drug-likeness (QED) is 0.656. The fraction of sp³-hybridized carbons (Fsp3) is 0.100. The van der Waals surface area contributed by atoms with Crippen molar-refractivity contribution in [2.24, 2.45) is 0 Å². The molecule has 0 bridgehead atoms. The van der Waals surface area contributed by atoms with Gasteiger partial charge < -0.3 is 20.1 Å². The third kappa shape index (κ3) is 3.43. The summed E-state index contributed by atoms with van der Waals surface area (Å²) in [5, 5.41) is 6.84. The zero-order valence-corrected chi connectivity index (χ0v) is 13.7. The molecule has 122 valence electrons. The summed E-state index contributed by atoms with van der Waals surface area (Å²) in [7, 11) is 3.33. The highest BCUT2D eigenvalue weighted by Crippen LogP contribution is 2.34. The number of nitrogens with one attached hydrogen (secondary N) is 2. The number of benzene rings is 3. The van der Waals surface area contributed by atoms with Gasteiger partial charge >= 0.3 is 0 Å². The van der Waals surface area contributed by atoms with E-state index in [1.807, 2.05) is 72.8 Å². The summed E-state index contributed by atoms with van der Waals surface area (Å²) in [4.78, 5) is 0. The maximum Gasteiger partial charge on any atom is 0.142 e. The van der Waals surface area contributed by atoms with E-state index in [-0.39, 0.29) is 0 Å². The van der Waals surface area contributed by atoms with Gasteiger partial charge in [-0.1, -0.05) is 36.4 Å². The second kappa shape index (κ2) is 7.42. The van der Waals surface area contributed by atoms with Crippen molar-refractivity contribution < 1.29 is 9.47 Å². The molecule has 0 atom stereocenters. The zero-order chi connectivity index (χ0) is 16.8. The van der Waals surface area contributed by atoms with E-state index < -0.39 is 0 Å². The van der Waals surface area contributed by atoms with Crippen molar-refractivity contribution >= 4 is 22.7 Å². The summed E-state index contributed by atoms with van der Waals surface area (Å²) < 4.78 is 10.8. The highest BCUT2D eigenvalue weighted by Gasteiger charge is 2.08. The molecule has 0 aromatic heterocycles. The standard InChI is InChI=1S/C20H20N2O2/c1-23-19-13-7-5-11-17(19)21-15-9-3-4-10-16(15)22-18-12-6-8-14-20(18)24-2/h3-14,21-22H,1-2H3. The highest BCUT2D eigenvalue weighted by molar-refractivity contribution is 5.81. The lowest BCUT2D eigenvalue weighted by Gasteiger charge is -2.17. The van der Waals surface area contributed by atoms with Crippen molar-refractivity contribution in [3.05, 3.63) is 72.8 Å². The molecule has 3 aromatic rings. The van der Waals surface area contributed by atoms with E-state index >= 15 is 0 Å². The summed E-state index contributed by atoms with van der Waals surface area (Å²) in [6.45, 7) is 0. The van der Waals surface area contributed by atoms with Crippen LogP contribution in [-0.2, 0) is 0 Å². The molecule has 0 fully saturated rings. The molecule has 0 heterocycles. The van der Waals surface area contributed by atoms with Crippen LogP contribution in [-0.4, -0.2) is 14.2 Å². The molecule has 4 heteroatoms. The molecular weight excluding hydrogens is 300 g/mol. The van der Waals surface area contributed by atoms with Gasteiger partial charge in [0.25, 0.3) is 0 Å². The predicted molar refractivity (Wildman–Crippen MR) is 99.0 cm³/mol. The van der Waals surface area contributed by atoms with Crippen molar-refractivity contribution in [2.75, 3.05) is 24.9 Å². The second-order valence-electron chi connectivity index (χ2n) is 5.20. The summed E-state index contributed by atoms with van der Waals surface area (Å²) >= 11 is 0. The Morgan fingerprint density at radius 3 is 1.21 bits per heavy atom. The van der Waals surface area contributed by atoms with Crippen LogP contribution in [0.5, 0.6) is 11.5 Å². The Morgan fingerprint density at radius 2 is 0.833 bits per heavy atom. The maximum absolute atomic E-state index is 5.41. The Morgan fingerprint density at radius 1 is 0.500 bits per heavy atom. The molecule has 0 aliphatic carbocycles. The molecule has 0 saturated carbocycles. The lowest BCUT2D eigenvalue weighted by atomic mass is 10.2. The largest absolute Gasteiger partial charge is 0.495 e. The molecule has 0 aliphatic rings. The van der Waals surface area contributed by atoms with Crippen molar-refractivity contribution in [2.45, 2.75) is 0 Å². The van der Waals surface area contributed by atoms with Crippen LogP contribution in [0.4, 0.5) is 22.7 Å². The third-order valence-electron chi connectivity index (χ3n) is 3.68. The smallest absolute Gasteiger partial charge is 0.142 e. The van der Waals surface area contributed by atoms with Crippen molar-refractivity contribution in [3.63, 3.8) is 0 Å². The van der Waals surface area contributed by atoms with Gasteiger partial charge in [-0.25, -0.2) is 0 Å². The Hall–Kier alpha value is -3.14. The maximum atomic E-state index is 5.41. The summed E-state index contributed by atoms with van der Waals surface area (Å²) in [6, 6.07) is 23.7. The van der Waals surface area contributed by atoms with E-state index in [2.05, 4.69) is 10.6 Å². The van der Waals surface area contributed by atoms with Crippen LogP contribution >= 0.6 is 0 Å². The number of hydrogen-bond acceptors (Lipinski definition) is 4. The van der Waals surface area contributed by atoms with Gasteiger partial charge in [-0.15, -0.1) is 0 Å². The van der Waals surface area contributed by atoms with Crippen molar-refractivity contribution in [1.29, 1.82) is 0 Å².